The van der Waals surface area contributed by atoms with Gasteiger partial charge < -0.3 is 20.3 Å². The van der Waals surface area contributed by atoms with E-state index in [9.17, 15) is 19.8 Å². The number of nitrogens with one attached hydrogen (secondary N) is 1. The number of hydrogen-bond acceptors (Lipinski definition) is 5. The number of allylic oxidation sites excluding steroid dienone is 8. The van der Waals surface area contributed by atoms with Gasteiger partial charge >= 0.3 is 5.97 Å². The summed E-state index contributed by atoms with van der Waals surface area (Å²) in [5.41, 5.74) is 0. The molecule has 0 aromatic rings. The van der Waals surface area contributed by atoms with Crippen molar-refractivity contribution >= 4 is 11.9 Å². The summed E-state index contributed by atoms with van der Waals surface area (Å²) < 4.78 is 5.86. The summed E-state index contributed by atoms with van der Waals surface area (Å²) in [5, 5.41) is 23.5. The van der Waals surface area contributed by atoms with Gasteiger partial charge in [-0.25, -0.2) is 0 Å². The first-order chi connectivity index (χ1) is 25.0. The maximum atomic E-state index is 13.1. The van der Waals surface area contributed by atoms with E-state index in [4.69, 9.17) is 4.74 Å². The van der Waals surface area contributed by atoms with Gasteiger partial charge in [-0.1, -0.05) is 166 Å². The van der Waals surface area contributed by atoms with Gasteiger partial charge in [0.1, 0.15) is 6.10 Å². The van der Waals surface area contributed by atoms with E-state index in [0.717, 1.165) is 77.0 Å². The molecule has 0 saturated carbocycles. The fraction of sp³-hybridized carbons (Fsp3) is 0.778. The summed E-state index contributed by atoms with van der Waals surface area (Å²) in [6.07, 6.45) is 44.6. The number of aliphatic hydroxyl groups is 2. The number of carbonyl (C=O) groups excluding carboxylic acids is 2. The Morgan fingerprint density at radius 1 is 0.588 bits per heavy atom. The number of carbonyl (C=O) groups is 2. The van der Waals surface area contributed by atoms with Crippen molar-refractivity contribution in [3.63, 3.8) is 0 Å². The van der Waals surface area contributed by atoms with Crippen molar-refractivity contribution in [2.45, 2.75) is 219 Å². The highest BCUT2D eigenvalue weighted by Gasteiger charge is 2.24. The monoisotopic (exact) mass is 716 g/mol. The first-order valence-electron chi connectivity index (χ1n) is 21.4. The first-order valence-corrected chi connectivity index (χ1v) is 21.4. The van der Waals surface area contributed by atoms with Gasteiger partial charge in [-0.2, -0.15) is 0 Å². The van der Waals surface area contributed by atoms with Crippen LogP contribution in [0.1, 0.15) is 201 Å². The lowest BCUT2D eigenvalue weighted by Crippen LogP contribution is -2.46. The van der Waals surface area contributed by atoms with Crippen molar-refractivity contribution in [2.75, 3.05) is 6.61 Å². The zero-order valence-corrected chi connectivity index (χ0v) is 33.5. The van der Waals surface area contributed by atoms with Crippen LogP contribution in [0.2, 0.25) is 0 Å². The minimum Gasteiger partial charge on any atom is -0.462 e. The van der Waals surface area contributed by atoms with E-state index in [1.54, 1.807) is 0 Å². The molecule has 3 N–H and O–H groups in total. The number of rotatable bonds is 37. The van der Waals surface area contributed by atoms with E-state index in [1.165, 1.54) is 77.0 Å². The topological polar surface area (TPSA) is 95.9 Å². The first kappa shape index (κ1) is 48.8. The Morgan fingerprint density at radius 3 is 1.71 bits per heavy atom. The predicted octanol–water partition coefficient (Wildman–Crippen LogP) is 11.9. The molecule has 0 heterocycles. The van der Waals surface area contributed by atoms with Gasteiger partial charge in [0.15, 0.2) is 0 Å². The molecule has 0 fully saturated rings. The van der Waals surface area contributed by atoms with Gasteiger partial charge in [0.2, 0.25) is 5.91 Å². The summed E-state index contributed by atoms with van der Waals surface area (Å²) in [5.74, 6) is -0.525. The molecule has 0 aromatic carbocycles. The van der Waals surface area contributed by atoms with Gasteiger partial charge in [-0.3, -0.25) is 9.59 Å². The average molecular weight is 716 g/mol. The van der Waals surface area contributed by atoms with Crippen molar-refractivity contribution < 1.29 is 24.5 Å². The van der Waals surface area contributed by atoms with Crippen molar-refractivity contribution in [3.05, 3.63) is 48.6 Å². The molecule has 0 aliphatic heterocycles. The Morgan fingerprint density at radius 2 is 1.08 bits per heavy atom. The molecule has 51 heavy (non-hydrogen) atoms. The summed E-state index contributed by atoms with van der Waals surface area (Å²) in [6.45, 7) is 6.27. The molecule has 0 spiro atoms. The molecular weight excluding hydrogens is 634 g/mol. The third kappa shape index (κ3) is 34.7. The summed E-state index contributed by atoms with van der Waals surface area (Å²) in [6, 6.07) is -0.710. The van der Waals surface area contributed by atoms with Crippen molar-refractivity contribution in [1.29, 1.82) is 0 Å². The number of unbranched alkanes of at least 4 members (excludes halogenated alkanes) is 19. The van der Waals surface area contributed by atoms with Crippen LogP contribution >= 0.6 is 0 Å². The van der Waals surface area contributed by atoms with E-state index in [-0.39, 0.29) is 24.9 Å². The molecule has 0 saturated heterocycles. The molecule has 3 unspecified atom stereocenters. The fourth-order valence-electron chi connectivity index (χ4n) is 6.19. The van der Waals surface area contributed by atoms with Gasteiger partial charge in [0, 0.05) is 6.42 Å². The van der Waals surface area contributed by atoms with Crippen LogP contribution < -0.4 is 5.32 Å². The Kier molecular flexibility index (Phi) is 37.4. The molecule has 296 valence electrons. The maximum Gasteiger partial charge on any atom is 0.306 e. The zero-order valence-electron chi connectivity index (χ0n) is 33.5. The molecule has 0 bridgehead atoms. The number of aliphatic hydroxyl groups excluding tert-OH is 2. The summed E-state index contributed by atoms with van der Waals surface area (Å²) >= 11 is 0. The average Bonchev–Trinajstić information content (AvgIpc) is 3.12. The van der Waals surface area contributed by atoms with E-state index in [0.29, 0.717) is 19.3 Å². The predicted molar refractivity (Wildman–Crippen MR) is 218 cm³/mol. The molecule has 0 aromatic heterocycles. The number of esters is 1. The van der Waals surface area contributed by atoms with Crippen LogP contribution in [0, 0.1) is 0 Å². The Labute approximate surface area is 315 Å². The third-order valence-electron chi connectivity index (χ3n) is 9.45. The Bertz CT molecular complexity index is 895. The minimum absolute atomic E-state index is 0.0505. The van der Waals surface area contributed by atoms with Crippen LogP contribution in [-0.4, -0.2) is 46.9 Å². The molecule has 0 aliphatic carbocycles. The lowest BCUT2D eigenvalue weighted by atomic mass is 10.0. The Hall–Kier alpha value is -2.18. The molecule has 3 atom stereocenters. The van der Waals surface area contributed by atoms with E-state index >= 15 is 0 Å². The lowest BCUT2D eigenvalue weighted by molar-refractivity contribution is -0.151. The van der Waals surface area contributed by atoms with Crippen LogP contribution in [-0.2, 0) is 14.3 Å². The van der Waals surface area contributed by atoms with E-state index < -0.39 is 18.2 Å². The molecule has 0 rings (SSSR count). The second-order valence-corrected chi connectivity index (χ2v) is 14.4. The quantitative estimate of drug-likeness (QED) is 0.0257. The van der Waals surface area contributed by atoms with Gasteiger partial charge in [-0.05, 0) is 70.6 Å². The Balaban J connectivity index is 4.67. The number of amides is 1. The molecule has 6 nitrogen and oxygen atoms in total. The van der Waals surface area contributed by atoms with Gasteiger partial charge in [0.05, 0.1) is 25.2 Å². The van der Waals surface area contributed by atoms with Crippen molar-refractivity contribution in [3.8, 4) is 0 Å². The van der Waals surface area contributed by atoms with Crippen molar-refractivity contribution in [2.24, 2.45) is 0 Å². The van der Waals surface area contributed by atoms with Crippen LogP contribution in [0.15, 0.2) is 48.6 Å². The minimum atomic E-state index is -0.795. The second kappa shape index (κ2) is 39.0. The van der Waals surface area contributed by atoms with Gasteiger partial charge in [0.25, 0.3) is 0 Å². The lowest BCUT2D eigenvalue weighted by Gasteiger charge is -2.24. The highest BCUT2D eigenvalue weighted by atomic mass is 16.5. The van der Waals surface area contributed by atoms with Crippen LogP contribution in [0.3, 0.4) is 0 Å². The standard InChI is InChI=1S/C45H81NO5/c1-4-7-10-13-16-19-21-23-26-29-32-35-38-45(50)51-41(36-33-30-27-25-22-20-17-14-11-8-5-2)39-44(49)46-42(40-47)43(48)37-34-31-28-24-18-15-12-9-6-3/h8,11,14,16-17,19-20,22,41-43,47-48H,4-7,9-10,12-13,15,18,21,23-40H2,1-3H3,(H,46,49)/b11-8+,17-14+,19-16-,22-20-. The zero-order chi connectivity index (χ0) is 37.5. The number of hydrogen-bond donors (Lipinski definition) is 3. The molecule has 0 aliphatic rings. The maximum absolute atomic E-state index is 13.1. The molecule has 1 amide bonds. The highest BCUT2D eigenvalue weighted by Crippen LogP contribution is 2.16. The van der Waals surface area contributed by atoms with E-state index in [1.807, 2.05) is 12.2 Å². The molecular formula is C45H81NO5. The number of ether oxygens (including phenoxy) is 1. The van der Waals surface area contributed by atoms with Crippen LogP contribution in [0.25, 0.3) is 0 Å². The van der Waals surface area contributed by atoms with Crippen LogP contribution in [0.5, 0.6) is 0 Å². The van der Waals surface area contributed by atoms with Gasteiger partial charge in [-0.15, -0.1) is 0 Å². The third-order valence-corrected chi connectivity index (χ3v) is 9.45. The normalized spacial score (nSPS) is 13.9. The molecule has 6 heteroatoms. The van der Waals surface area contributed by atoms with E-state index in [2.05, 4.69) is 62.5 Å². The highest BCUT2D eigenvalue weighted by molar-refractivity contribution is 5.77. The molecule has 0 radical (unpaired) electrons. The summed E-state index contributed by atoms with van der Waals surface area (Å²) in [7, 11) is 0. The summed E-state index contributed by atoms with van der Waals surface area (Å²) in [4.78, 5) is 25.9. The largest absolute Gasteiger partial charge is 0.462 e. The second-order valence-electron chi connectivity index (χ2n) is 14.4. The fourth-order valence-corrected chi connectivity index (χ4v) is 6.19. The SMILES string of the molecule is CC/C=C/C=C/C=C\CCCCCC(CC(=O)NC(CO)C(O)CCCCCCCCCCC)OC(=O)CCCCCCC/C=C\CCCCC. The van der Waals surface area contributed by atoms with Crippen LogP contribution in [0.4, 0.5) is 0 Å². The smallest absolute Gasteiger partial charge is 0.306 e. The van der Waals surface area contributed by atoms with Crippen molar-refractivity contribution in [1.82, 2.24) is 5.32 Å².